The molecule has 6 nitrogen and oxygen atoms in total. The molecule has 0 aliphatic heterocycles. The molecule has 2 N–H and O–H groups in total. The number of benzene rings is 2. The molecule has 0 aliphatic carbocycles. The third-order valence-electron chi connectivity index (χ3n) is 4.53. The number of carbonyl (C=O) groups is 2. The molecule has 2 amide bonds. The van der Waals surface area contributed by atoms with Crippen molar-refractivity contribution in [1.82, 2.24) is 14.9 Å². The molecular formula is C23H18F2N4O2S2. The third-order valence-corrected chi connectivity index (χ3v) is 6.38. The first kappa shape index (κ1) is 22.7. The minimum absolute atomic E-state index is 0.0329. The topological polar surface area (TPSA) is 76.0 Å². The molecule has 33 heavy (non-hydrogen) atoms. The van der Waals surface area contributed by atoms with Crippen LogP contribution in [0.3, 0.4) is 0 Å². The second-order valence-electron chi connectivity index (χ2n) is 6.85. The minimum Gasteiger partial charge on any atom is -0.347 e. The minimum atomic E-state index is -0.843. The number of imidazole rings is 1. The maximum absolute atomic E-state index is 13.7. The van der Waals surface area contributed by atoms with Crippen molar-refractivity contribution in [3.8, 4) is 5.69 Å². The second kappa shape index (κ2) is 10.4. The maximum atomic E-state index is 13.7. The van der Waals surface area contributed by atoms with Gasteiger partial charge in [-0.15, -0.1) is 11.3 Å². The lowest BCUT2D eigenvalue weighted by Gasteiger charge is -2.10. The number of rotatable bonds is 8. The van der Waals surface area contributed by atoms with Crippen LogP contribution in [0, 0.1) is 11.6 Å². The van der Waals surface area contributed by atoms with E-state index in [4.69, 9.17) is 0 Å². The van der Waals surface area contributed by atoms with E-state index in [-0.39, 0.29) is 17.3 Å². The van der Waals surface area contributed by atoms with E-state index >= 15 is 0 Å². The summed E-state index contributed by atoms with van der Waals surface area (Å²) in [6.07, 6.45) is 3.31. The molecule has 2 heterocycles. The Hall–Kier alpha value is -3.50. The summed E-state index contributed by atoms with van der Waals surface area (Å²) in [4.78, 5) is 30.1. The maximum Gasteiger partial charge on any atom is 0.251 e. The van der Waals surface area contributed by atoms with Crippen LogP contribution in [-0.2, 0) is 11.3 Å². The van der Waals surface area contributed by atoms with Crippen molar-refractivity contribution in [3.63, 3.8) is 0 Å². The first-order valence-electron chi connectivity index (χ1n) is 9.81. The number of halogens is 2. The number of aromatic nitrogens is 2. The van der Waals surface area contributed by atoms with Crippen LogP contribution in [-0.4, -0.2) is 27.1 Å². The second-order valence-corrected chi connectivity index (χ2v) is 8.83. The number of amides is 2. The Morgan fingerprint density at radius 2 is 1.97 bits per heavy atom. The summed E-state index contributed by atoms with van der Waals surface area (Å²) in [5, 5.41) is 7.80. The Balaban J connectivity index is 1.40. The van der Waals surface area contributed by atoms with Gasteiger partial charge in [0.05, 0.1) is 18.0 Å². The lowest BCUT2D eigenvalue weighted by Crippen LogP contribution is -2.22. The molecule has 4 rings (SSSR count). The molecular weight excluding hydrogens is 466 g/mol. The lowest BCUT2D eigenvalue weighted by atomic mass is 10.2. The Kier molecular flexibility index (Phi) is 7.16. The number of thiophene rings is 1. The number of nitrogens with zero attached hydrogens (tertiary/aromatic N) is 2. The van der Waals surface area contributed by atoms with Gasteiger partial charge in [-0.3, -0.25) is 14.2 Å². The number of thioether (sulfide) groups is 1. The largest absolute Gasteiger partial charge is 0.347 e. The van der Waals surface area contributed by atoms with Crippen molar-refractivity contribution in [1.29, 1.82) is 0 Å². The van der Waals surface area contributed by atoms with Crippen molar-refractivity contribution in [3.05, 3.63) is 94.4 Å². The van der Waals surface area contributed by atoms with Gasteiger partial charge < -0.3 is 10.6 Å². The van der Waals surface area contributed by atoms with Gasteiger partial charge >= 0.3 is 0 Å². The van der Waals surface area contributed by atoms with Gasteiger partial charge in [-0.1, -0.05) is 23.9 Å². The predicted octanol–water partition coefficient (Wildman–Crippen LogP) is 4.87. The molecule has 0 saturated heterocycles. The van der Waals surface area contributed by atoms with Crippen LogP contribution in [0.15, 0.2) is 77.5 Å². The molecule has 168 valence electrons. The highest BCUT2D eigenvalue weighted by Crippen LogP contribution is 2.22. The van der Waals surface area contributed by atoms with Crippen molar-refractivity contribution >= 4 is 40.6 Å². The van der Waals surface area contributed by atoms with E-state index in [1.807, 2.05) is 23.6 Å². The zero-order valence-electron chi connectivity index (χ0n) is 17.1. The zero-order chi connectivity index (χ0) is 23.2. The number of hydrogen-bond donors (Lipinski definition) is 2. The van der Waals surface area contributed by atoms with Crippen molar-refractivity contribution in [2.24, 2.45) is 0 Å². The van der Waals surface area contributed by atoms with Crippen LogP contribution in [0.25, 0.3) is 5.69 Å². The first-order chi connectivity index (χ1) is 16.0. The fourth-order valence-electron chi connectivity index (χ4n) is 2.98. The Bertz CT molecular complexity index is 1280. The zero-order valence-corrected chi connectivity index (χ0v) is 18.8. The Labute approximate surface area is 196 Å². The molecule has 2 aromatic carbocycles. The lowest BCUT2D eigenvalue weighted by molar-refractivity contribution is -0.113. The van der Waals surface area contributed by atoms with Gasteiger partial charge in [0, 0.05) is 34.6 Å². The molecule has 10 heteroatoms. The molecule has 0 atom stereocenters. The summed E-state index contributed by atoms with van der Waals surface area (Å²) in [7, 11) is 0. The standard InChI is InChI=1S/C23H18F2N4O2S2/c24-16-6-7-20(19(25)12-16)28-21(30)14-33-23-26-8-9-29(23)17-4-1-3-15(11-17)22(31)27-13-18-5-2-10-32-18/h1-12H,13-14H2,(H,27,31)(H,28,30). The molecule has 0 spiro atoms. The summed E-state index contributed by atoms with van der Waals surface area (Å²) in [6.45, 7) is 0.455. The highest BCUT2D eigenvalue weighted by molar-refractivity contribution is 7.99. The van der Waals surface area contributed by atoms with E-state index in [1.165, 1.54) is 6.07 Å². The van der Waals surface area contributed by atoms with Crippen LogP contribution >= 0.6 is 23.1 Å². The summed E-state index contributed by atoms with van der Waals surface area (Å²) in [5.74, 6) is -2.25. The number of nitrogens with one attached hydrogen (secondary N) is 2. The number of anilines is 1. The number of carbonyl (C=O) groups excluding carboxylic acids is 2. The SMILES string of the molecule is O=C(CSc1nccn1-c1cccc(C(=O)NCc2cccs2)c1)Nc1ccc(F)cc1F. The fraction of sp³-hybridized carbons (Fsp3) is 0.0870. The smallest absolute Gasteiger partial charge is 0.251 e. The van der Waals surface area contributed by atoms with Gasteiger partial charge in [0.15, 0.2) is 5.16 Å². The van der Waals surface area contributed by atoms with E-state index < -0.39 is 17.5 Å². The van der Waals surface area contributed by atoms with Gasteiger partial charge in [-0.25, -0.2) is 13.8 Å². The molecule has 0 radical (unpaired) electrons. The van der Waals surface area contributed by atoms with E-state index in [1.54, 1.807) is 46.5 Å². The first-order valence-corrected chi connectivity index (χ1v) is 11.7. The highest BCUT2D eigenvalue weighted by Gasteiger charge is 2.13. The summed E-state index contributed by atoms with van der Waals surface area (Å²) >= 11 is 2.72. The van der Waals surface area contributed by atoms with E-state index in [0.29, 0.717) is 29.0 Å². The van der Waals surface area contributed by atoms with Crippen LogP contribution < -0.4 is 10.6 Å². The van der Waals surface area contributed by atoms with Crippen molar-refractivity contribution < 1.29 is 18.4 Å². The van der Waals surface area contributed by atoms with Gasteiger partial charge in [0.25, 0.3) is 5.91 Å². The van der Waals surface area contributed by atoms with Crippen molar-refractivity contribution in [2.75, 3.05) is 11.1 Å². The summed E-state index contributed by atoms with van der Waals surface area (Å²) in [6, 6.07) is 13.9. The average Bonchev–Trinajstić information content (AvgIpc) is 3.50. The fourth-order valence-corrected chi connectivity index (χ4v) is 4.40. The predicted molar refractivity (Wildman–Crippen MR) is 125 cm³/mol. The Morgan fingerprint density at radius 3 is 2.76 bits per heavy atom. The van der Waals surface area contributed by atoms with Gasteiger partial charge in [-0.2, -0.15) is 0 Å². The molecule has 0 fully saturated rings. The van der Waals surface area contributed by atoms with Gasteiger partial charge in [0.2, 0.25) is 5.91 Å². The van der Waals surface area contributed by atoms with E-state index in [9.17, 15) is 18.4 Å². The molecule has 0 aliphatic rings. The van der Waals surface area contributed by atoms with E-state index in [0.717, 1.165) is 22.7 Å². The average molecular weight is 485 g/mol. The molecule has 2 aromatic heterocycles. The monoisotopic (exact) mass is 484 g/mol. The summed E-state index contributed by atoms with van der Waals surface area (Å²) in [5.41, 5.74) is 1.12. The Morgan fingerprint density at radius 1 is 1.09 bits per heavy atom. The molecule has 0 saturated carbocycles. The molecule has 0 unspecified atom stereocenters. The van der Waals surface area contributed by atoms with Gasteiger partial charge in [-0.05, 0) is 41.8 Å². The number of hydrogen-bond acceptors (Lipinski definition) is 5. The normalized spacial score (nSPS) is 10.7. The van der Waals surface area contributed by atoms with Crippen molar-refractivity contribution in [2.45, 2.75) is 11.7 Å². The van der Waals surface area contributed by atoms with Crippen LogP contribution in [0.5, 0.6) is 0 Å². The van der Waals surface area contributed by atoms with Gasteiger partial charge in [0.1, 0.15) is 11.6 Å². The van der Waals surface area contributed by atoms with E-state index in [2.05, 4.69) is 15.6 Å². The molecule has 0 bridgehead atoms. The highest BCUT2D eigenvalue weighted by atomic mass is 32.2. The quantitative estimate of drug-likeness (QED) is 0.350. The molecule has 4 aromatic rings. The summed E-state index contributed by atoms with van der Waals surface area (Å²) < 4.78 is 28.5. The van der Waals surface area contributed by atoms with Crippen LogP contribution in [0.1, 0.15) is 15.2 Å². The third kappa shape index (κ3) is 5.85. The van der Waals surface area contributed by atoms with Crippen LogP contribution in [0.2, 0.25) is 0 Å². The van der Waals surface area contributed by atoms with Crippen LogP contribution in [0.4, 0.5) is 14.5 Å².